The Balaban J connectivity index is 1.35. The van der Waals surface area contributed by atoms with E-state index < -0.39 is 0 Å². The van der Waals surface area contributed by atoms with E-state index in [1.165, 1.54) is 5.56 Å². The normalized spacial score (nSPS) is 14.3. The van der Waals surface area contributed by atoms with E-state index in [-0.39, 0.29) is 12.4 Å². The molecule has 1 N–H and O–H groups in total. The van der Waals surface area contributed by atoms with E-state index in [2.05, 4.69) is 52.5 Å². The van der Waals surface area contributed by atoms with Crippen LogP contribution >= 0.6 is 0 Å². The SMILES string of the molecule is CC#CCCC(=O)Oc1ccccc1OCc1cccc(CC2CCc3ncccc3N2)c1. The zero-order valence-corrected chi connectivity index (χ0v) is 18.8. The Morgan fingerprint density at radius 2 is 1.94 bits per heavy atom. The van der Waals surface area contributed by atoms with Crippen molar-refractivity contribution in [3.63, 3.8) is 0 Å². The molecular formula is C28H28N2O3. The number of aromatic nitrogens is 1. The fourth-order valence-corrected chi connectivity index (χ4v) is 3.93. The fraction of sp³-hybridized carbons (Fsp3) is 0.286. The number of carbonyl (C=O) groups is 1. The van der Waals surface area contributed by atoms with Crippen LogP contribution in [0.25, 0.3) is 0 Å². The van der Waals surface area contributed by atoms with Crippen molar-refractivity contribution in [2.45, 2.75) is 51.7 Å². The van der Waals surface area contributed by atoms with Crippen LogP contribution in [0, 0.1) is 11.8 Å². The first-order chi connectivity index (χ1) is 16.2. The molecule has 1 aromatic heterocycles. The molecule has 1 aliphatic heterocycles. The first-order valence-corrected chi connectivity index (χ1v) is 11.3. The van der Waals surface area contributed by atoms with Gasteiger partial charge in [0, 0.05) is 18.7 Å². The molecule has 5 nitrogen and oxygen atoms in total. The van der Waals surface area contributed by atoms with Crippen molar-refractivity contribution >= 4 is 11.7 Å². The van der Waals surface area contributed by atoms with E-state index in [1.54, 1.807) is 13.0 Å². The lowest BCUT2D eigenvalue weighted by Crippen LogP contribution is -2.28. The maximum atomic E-state index is 12.1. The maximum Gasteiger partial charge on any atom is 0.312 e. The lowest BCUT2D eigenvalue weighted by atomic mass is 9.96. The van der Waals surface area contributed by atoms with Crippen molar-refractivity contribution < 1.29 is 14.3 Å². The molecule has 33 heavy (non-hydrogen) atoms. The van der Waals surface area contributed by atoms with Crippen LogP contribution in [0.15, 0.2) is 66.9 Å². The maximum absolute atomic E-state index is 12.1. The van der Waals surface area contributed by atoms with Gasteiger partial charge in [-0.05, 0) is 61.6 Å². The van der Waals surface area contributed by atoms with Gasteiger partial charge in [-0.2, -0.15) is 0 Å². The van der Waals surface area contributed by atoms with Gasteiger partial charge in [-0.1, -0.05) is 36.4 Å². The number of hydrogen-bond donors (Lipinski definition) is 1. The third kappa shape index (κ3) is 6.36. The lowest BCUT2D eigenvalue weighted by molar-refractivity contribution is -0.134. The molecule has 0 aliphatic carbocycles. The molecule has 0 amide bonds. The minimum Gasteiger partial charge on any atom is -0.485 e. The highest BCUT2D eigenvalue weighted by atomic mass is 16.6. The average molecular weight is 441 g/mol. The van der Waals surface area contributed by atoms with E-state index in [0.29, 0.717) is 30.6 Å². The second-order valence-corrected chi connectivity index (χ2v) is 8.04. The first-order valence-electron chi connectivity index (χ1n) is 11.3. The molecule has 0 saturated heterocycles. The zero-order chi connectivity index (χ0) is 22.9. The van der Waals surface area contributed by atoms with Gasteiger partial charge >= 0.3 is 5.97 Å². The predicted octanol–water partition coefficient (Wildman–Crippen LogP) is 5.34. The van der Waals surface area contributed by atoms with Crippen molar-refractivity contribution in [2.75, 3.05) is 5.32 Å². The molecule has 1 atom stereocenters. The van der Waals surface area contributed by atoms with Gasteiger partial charge in [0.2, 0.25) is 0 Å². The van der Waals surface area contributed by atoms with Gasteiger partial charge in [-0.3, -0.25) is 9.78 Å². The number of nitrogens with zero attached hydrogens (tertiary/aromatic N) is 1. The van der Waals surface area contributed by atoms with Crippen LogP contribution in [0.2, 0.25) is 0 Å². The molecule has 0 bridgehead atoms. The Morgan fingerprint density at radius 3 is 2.82 bits per heavy atom. The summed E-state index contributed by atoms with van der Waals surface area (Å²) in [7, 11) is 0. The molecule has 4 rings (SSSR count). The van der Waals surface area contributed by atoms with E-state index >= 15 is 0 Å². The Labute approximate surface area is 195 Å². The van der Waals surface area contributed by atoms with E-state index in [0.717, 1.165) is 36.2 Å². The molecule has 0 saturated carbocycles. The molecule has 5 heteroatoms. The number of carbonyl (C=O) groups excluding carboxylic acids is 1. The Morgan fingerprint density at radius 1 is 1.09 bits per heavy atom. The number of hydrogen-bond acceptors (Lipinski definition) is 5. The van der Waals surface area contributed by atoms with Crippen molar-refractivity contribution in [3.8, 4) is 23.3 Å². The third-order valence-corrected chi connectivity index (χ3v) is 5.55. The number of ether oxygens (including phenoxy) is 2. The highest BCUT2D eigenvalue weighted by molar-refractivity contribution is 5.73. The lowest BCUT2D eigenvalue weighted by Gasteiger charge is -2.26. The Kier molecular flexibility index (Phi) is 7.60. The molecule has 1 aliphatic rings. The quantitative estimate of drug-likeness (QED) is 0.291. The topological polar surface area (TPSA) is 60.5 Å². The third-order valence-electron chi connectivity index (χ3n) is 5.55. The molecule has 1 unspecified atom stereocenters. The highest BCUT2D eigenvalue weighted by Crippen LogP contribution is 2.28. The van der Waals surface area contributed by atoms with Gasteiger partial charge < -0.3 is 14.8 Å². The molecule has 3 aromatic rings. The standard InChI is InChI=1S/C28H28N2O3/c1-2-3-4-14-28(31)33-27-13-6-5-12-26(27)32-20-22-10-7-9-21(18-22)19-23-15-16-24-25(30-23)11-8-17-29-24/h5-13,17-18,23,30H,4,14-16,19-20H2,1H3. The van der Waals surface area contributed by atoms with Gasteiger partial charge in [0.05, 0.1) is 17.8 Å². The number of benzene rings is 2. The summed E-state index contributed by atoms with van der Waals surface area (Å²) in [5, 5.41) is 3.62. The molecule has 2 heterocycles. The van der Waals surface area contributed by atoms with Crippen LogP contribution < -0.4 is 14.8 Å². The van der Waals surface area contributed by atoms with Crippen molar-refractivity contribution in [3.05, 3.63) is 83.7 Å². The van der Waals surface area contributed by atoms with Crippen LogP contribution in [0.5, 0.6) is 11.5 Å². The van der Waals surface area contributed by atoms with Crippen molar-refractivity contribution in [1.82, 2.24) is 4.98 Å². The largest absolute Gasteiger partial charge is 0.485 e. The number of esters is 1. The Bertz CT molecular complexity index is 1160. The molecule has 2 aromatic carbocycles. The summed E-state index contributed by atoms with van der Waals surface area (Å²) in [6.07, 6.45) is 5.60. The summed E-state index contributed by atoms with van der Waals surface area (Å²) < 4.78 is 11.5. The molecule has 0 fully saturated rings. The van der Waals surface area contributed by atoms with Crippen LogP contribution in [-0.4, -0.2) is 17.0 Å². The van der Waals surface area contributed by atoms with Crippen molar-refractivity contribution in [2.24, 2.45) is 0 Å². The number of anilines is 1. The van der Waals surface area contributed by atoms with Crippen LogP contribution in [0.1, 0.15) is 43.0 Å². The first kappa shape index (κ1) is 22.4. The number of nitrogens with one attached hydrogen (secondary N) is 1. The smallest absolute Gasteiger partial charge is 0.312 e. The molecule has 168 valence electrons. The van der Waals surface area contributed by atoms with Crippen LogP contribution in [0.4, 0.5) is 5.69 Å². The molecule has 0 radical (unpaired) electrons. The van der Waals surface area contributed by atoms with Crippen molar-refractivity contribution in [1.29, 1.82) is 0 Å². The monoisotopic (exact) mass is 440 g/mol. The predicted molar refractivity (Wildman–Crippen MR) is 129 cm³/mol. The van der Waals surface area contributed by atoms with E-state index in [9.17, 15) is 4.79 Å². The summed E-state index contributed by atoms with van der Waals surface area (Å²) in [6, 6.07) is 20.2. The highest BCUT2D eigenvalue weighted by Gasteiger charge is 2.18. The summed E-state index contributed by atoms with van der Waals surface area (Å²) in [5.41, 5.74) is 4.62. The van der Waals surface area contributed by atoms with Gasteiger partial charge in [0.1, 0.15) is 6.61 Å². The minimum atomic E-state index is -0.312. The zero-order valence-electron chi connectivity index (χ0n) is 18.8. The van der Waals surface area contributed by atoms with E-state index in [4.69, 9.17) is 9.47 Å². The minimum absolute atomic E-state index is 0.257. The molecular weight excluding hydrogens is 412 g/mol. The van der Waals surface area contributed by atoms with E-state index in [1.807, 2.05) is 30.5 Å². The van der Waals surface area contributed by atoms with Gasteiger partial charge in [0.25, 0.3) is 0 Å². The van der Waals surface area contributed by atoms with Gasteiger partial charge in [-0.25, -0.2) is 0 Å². The summed E-state index contributed by atoms with van der Waals surface area (Å²) in [5.74, 6) is 6.33. The van der Waals surface area contributed by atoms with Gasteiger partial charge in [-0.15, -0.1) is 11.8 Å². The number of pyridine rings is 1. The molecule has 0 spiro atoms. The van der Waals surface area contributed by atoms with Crippen LogP contribution in [0.3, 0.4) is 0 Å². The second-order valence-electron chi connectivity index (χ2n) is 8.04. The van der Waals surface area contributed by atoms with Gasteiger partial charge in [0.15, 0.2) is 11.5 Å². The second kappa shape index (κ2) is 11.2. The number of rotatable bonds is 8. The summed E-state index contributed by atoms with van der Waals surface area (Å²) >= 11 is 0. The number of para-hydroxylation sites is 2. The average Bonchev–Trinajstić information content (AvgIpc) is 2.84. The van der Waals surface area contributed by atoms with Crippen LogP contribution in [-0.2, 0) is 24.2 Å². The number of aryl methyl sites for hydroxylation is 1. The summed E-state index contributed by atoms with van der Waals surface area (Å²) in [6.45, 7) is 2.15. The Hall–Kier alpha value is -3.78. The number of fused-ring (bicyclic) bond motifs is 1. The summed E-state index contributed by atoms with van der Waals surface area (Å²) in [4.78, 5) is 16.5. The fourth-order valence-electron chi connectivity index (χ4n) is 3.93.